The third-order valence-corrected chi connectivity index (χ3v) is 9.12. The van der Waals surface area contributed by atoms with E-state index in [1.54, 1.807) is 4.90 Å². The standard InChI is InChI=1S/C28H35FN4O5/c29-21-14-22(15-30)32(16-21)24(35)18-33(26(37)38-19-20-4-2-1-3-5-20)28-10-7-27(8-11-28,9-12-28)25(36)31-13-6-23(34)17-31/h1-5,21-23,34H,6-14,16-19H2/t21-,22-,23+,27?,28?/m0/s1. The zero-order chi connectivity index (χ0) is 26.9. The fourth-order valence-corrected chi connectivity index (χ4v) is 6.79. The molecule has 2 saturated heterocycles. The van der Waals surface area contributed by atoms with Crippen LogP contribution in [0.1, 0.15) is 56.9 Å². The number of nitriles is 1. The highest BCUT2D eigenvalue weighted by molar-refractivity contribution is 5.85. The molecule has 1 N–H and O–H groups in total. The largest absolute Gasteiger partial charge is 0.445 e. The van der Waals surface area contributed by atoms with Gasteiger partial charge in [-0.2, -0.15) is 5.26 Å². The number of hydrogen-bond donors (Lipinski definition) is 1. The summed E-state index contributed by atoms with van der Waals surface area (Å²) in [4.78, 5) is 44.7. The highest BCUT2D eigenvalue weighted by Crippen LogP contribution is 2.55. The number of β-amino-alcohol motifs (C(OH)–C–C–N with tert-alkyl or cyclic N) is 1. The second kappa shape index (κ2) is 10.5. The summed E-state index contributed by atoms with van der Waals surface area (Å²) in [5.74, 6) is -0.383. The van der Waals surface area contributed by atoms with Crippen molar-refractivity contribution in [3.8, 4) is 6.07 Å². The van der Waals surface area contributed by atoms with Gasteiger partial charge in [-0.05, 0) is 50.5 Å². The van der Waals surface area contributed by atoms with Gasteiger partial charge in [-0.1, -0.05) is 30.3 Å². The lowest BCUT2D eigenvalue weighted by Gasteiger charge is -2.56. The minimum Gasteiger partial charge on any atom is -0.445 e. The first-order valence-corrected chi connectivity index (χ1v) is 13.5. The highest BCUT2D eigenvalue weighted by Gasteiger charge is 2.57. The number of nitrogens with zero attached hydrogens (tertiary/aromatic N) is 4. The van der Waals surface area contributed by atoms with Crippen molar-refractivity contribution in [3.05, 3.63) is 35.9 Å². The number of ether oxygens (including phenoxy) is 1. The van der Waals surface area contributed by atoms with Crippen molar-refractivity contribution < 1.29 is 28.6 Å². The molecule has 2 bridgehead atoms. The summed E-state index contributed by atoms with van der Waals surface area (Å²) in [7, 11) is 0. The average molecular weight is 527 g/mol. The van der Waals surface area contributed by atoms with Gasteiger partial charge in [0.05, 0.1) is 18.7 Å². The molecule has 204 valence electrons. The average Bonchev–Trinajstić information content (AvgIpc) is 3.56. The Morgan fingerprint density at radius 3 is 2.39 bits per heavy atom. The SMILES string of the molecule is N#C[C@@H]1C[C@H](F)CN1C(=O)CN(C(=O)OCc1ccccc1)C12CCC(C(=O)N3CC[C@@H](O)C3)(CC1)CC2. The van der Waals surface area contributed by atoms with E-state index in [4.69, 9.17) is 4.74 Å². The van der Waals surface area contributed by atoms with Crippen molar-refractivity contribution in [1.29, 1.82) is 5.26 Å². The Labute approximate surface area is 222 Å². The molecule has 3 amide bonds. The molecule has 3 atom stereocenters. The number of aliphatic hydroxyl groups is 1. The van der Waals surface area contributed by atoms with Gasteiger partial charge in [-0.25, -0.2) is 9.18 Å². The molecule has 5 aliphatic rings. The van der Waals surface area contributed by atoms with E-state index in [0.29, 0.717) is 58.0 Å². The van der Waals surface area contributed by atoms with E-state index in [0.717, 1.165) is 5.56 Å². The van der Waals surface area contributed by atoms with Crippen molar-refractivity contribution >= 4 is 17.9 Å². The van der Waals surface area contributed by atoms with Crippen LogP contribution in [0.15, 0.2) is 30.3 Å². The van der Waals surface area contributed by atoms with Crippen molar-refractivity contribution in [3.63, 3.8) is 0 Å². The van der Waals surface area contributed by atoms with Gasteiger partial charge < -0.3 is 19.6 Å². The van der Waals surface area contributed by atoms with Gasteiger partial charge in [-0.3, -0.25) is 14.5 Å². The fraction of sp³-hybridized carbons (Fsp3) is 0.643. The quantitative estimate of drug-likeness (QED) is 0.610. The van der Waals surface area contributed by atoms with Crippen molar-refractivity contribution in [2.24, 2.45) is 5.41 Å². The Hall–Kier alpha value is -3.19. The molecule has 0 aromatic heterocycles. The van der Waals surface area contributed by atoms with Crippen LogP contribution in [0.3, 0.4) is 0 Å². The van der Waals surface area contributed by atoms with Gasteiger partial charge in [0.1, 0.15) is 25.4 Å². The molecule has 1 aromatic carbocycles. The Morgan fingerprint density at radius 1 is 1.11 bits per heavy atom. The maximum Gasteiger partial charge on any atom is 0.411 e. The summed E-state index contributed by atoms with van der Waals surface area (Å²) in [5, 5.41) is 19.3. The van der Waals surface area contributed by atoms with Crippen LogP contribution in [0.4, 0.5) is 9.18 Å². The predicted molar refractivity (Wildman–Crippen MR) is 134 cm³/mol. The third kappa shape index (κ3) is 4.96. The first-order valence-electron chi connectivity index (χ1n) is 13.5. The molecule has 2 aliphatic heterocycles. The number of hydrogen-bond acceptors (Lipinski definition) is 6. The highest BCUT2D eigenvalue weighted by atomic mass is 19.1. The Morgan fingerprint density at radius 2 is 1.79 bits per heavy atom. The predicted octanol–water partition coefficient (Wildman–Crippen LogP) is 2.77. The van der Waals surface area contributed by atoms with Gasteiger partial charge >= 0.3 is 6.09 Å². The second-order valence-electron chi connectivity index (χ2n) is 11.3. The molecule has 5 fully saturated rings. The van der Waals surface area contributed by atoms with Gasteiger partial charge in [0.25, 0.3) is 0 Å². The van der Waals surface area contributed by atoms with E-state index in [1.165, 1.54) is 9.80 Å². The molecule has 2 heterocycles. The molecule has 9 nitrogen and oxygen atoms in total. The summed E-state index contributed by atoms with van der Waals surface area (Å²) < 4.78 is 19.7. The molecule has 38 heavy (non-hydrogen) atoms. The Kier molecular flexibility index (Phi) is 7.32. The van der Waals surface area contributed by atoms with Crippen LogP contribution in [-0.2, 0) is 20.9 Å². The summed E-state index contributed by atoms with van der Waals surface area (Å²) in [6.45, 7) is 0.527. The fourth-order valence-electron chi connectivity index (χ4n) is 6.79. The second-order valence-corrected chi connectivity index (χ2v) is 11.3. The minimum atomic E-state index is -1.26. The minimum absolute atomic E-state index is 0.0261. The number of fused-ring (bicyclic) bond motifs is 3. The monoisotopic (exact) mass is 526 g/mol. The van der Waals surface area contributed by atoms with Gasteiger partial charge in [0, 0.05) is 30.5 Å². The summed E-state index contributed by atoms with van der Waals surface area (Å²) in [5.41, 5.74) is -0.330. The molecule has 3 saturated carbocycles. The van der Waals surface area contributed by atoms with E-state index >= 15 is 0 Å². The maximum absolute atomic E-state index is 14.0. The lowest BCUT2D eigenvalue weighted by Crippen LogP contribution is -2.63. The molecule has 10 heteroatoms. The van der Waals surface area contributed by atoms with Gasteiger partial charge in [-0.15, -0.1) is 0 Å². The third-order valence-electron chi connectivity index (χ3n) is 9.12. The topological polar surface area (TPSA) is 114 Å². The van der Waals surface area contributed by atoms with Gasteiger partial charge in [0.15, 0.2) is 0 Å². The van der Waals surface area contributed by atoms with Crippen molar-refractivity contribution in [1.82, 2.24) is 14.7 Å². The number of carbonyl (C=O) groups excluding carboxylic acids is 3. The number of alkyl halides is 1. The summed E-state index contributed by atoms with van der Waals surface area (Å²) in [6.07, 6.45) is 1.63. The zero-order valence-electron chi connectivity index (χ0n) is 21.6. The summed E-state index contributed by atoms with van der Waals surface area (Å²) in [6, 6.07) is 10.4. The lowest BCUT2D eigenvalue weighted by molar-refractivity contribution is -0.153. The molecule has 3 aliphatic carbocycles. The van der Waals surface area contributed by atoms with E-state index in [2.05, 4.69) is 0 Å². The van der Waals surface area contributed by atoms with Crippen LogP contribution in [0.25, 0.3) is 0 Å². The van der Waals surface area contributed by atoms with Gasteiger partial charge in [0.2, 0.25) is 11.8 Å². The molecule has 0 radical (unpaired) electrons. The molecule has 6 rings (SSSR count). The molecule has 1 aromatic rings. The molecule has 0 spiro atoms. The number of rotatable bonds is 6. The van der Waals surface area contributed by atoms with Crippen LogP contribution in [0.5, 0.6) is 0 Å². The summed E-state index contributed by atoms with van der Waals surface area (Å²) >= 11 is 0. The first-order chi connectivity index (χ1) is 18.2. The van der Waals surface area contributed by atoms with Crippen molar-refractivity contribution in [2.45, 2.75) is 81.8 Å². The van der Waals surface area contributed by atoms with Crippen LogP contribution in [-0.4, -0.2) is 87.7 Å². The smallest absolute Gasteiger partial charge is 0.411 e. The number of benzene rings is 1. The molecule has 0 unspecified atom stereocenters. The van der Waals surface area contributed by atoms with Crippen LogP contribution < -0.4 is 0 Å². The van der Waals surface area contributed by atoms with Crippen LogP contribution in [0, 0.1) is 16.7 Å². The normalized spacial score (nSPS) is 32.2. The Balaban J connectivity index is 1.33. The lowest BCUT2D eigenvalue weighted by atomic mass is 9.56. The molecular weight excluding hydrogens is 491 g/mol. The van der Waals surface area contributed by atoms with Crippen LogP contribution in [0.2, 0.25) is 0 Å². The number of halogens is 1. The maximum atomic E-state index is 14.0. The number of amides is 3. The van der Waals surface area contributed by atoms with E-state index in [9.17, 15) is 29.1 Å². The van der Waals surface area contributed by atoms with Crippen LogP contribution >= 0.6 is 0 Å². The first kappa shape index (κ1) is 26.4. The Bertz CT molecular complexity index is 1080. The van der Waals surface area contributed by atoms with E-state index < -0.39 is 41.3 Å². The van der Waals surface area contributed by atoms with Crippen molar-refractivity contribution in [2.75, 3.05) is 26.2 Å². The number of carbonyl (C=O) groups is 3. The number of likely N-dealkylation sites (tertiary alicyclic amines) is 2. The number of aliphatic hydroxyl groups excluding tert-OH is 1. The zero-order valence-corrected chi connectivity index (χ0v) is 21.6. The van der Waals surface area contributed by atoms with E-state index in [-0.39, 0.29) is 32.0 Å². The molecular formula is C28H35FN4O5. The van der Waals surface area contributed by atoms with E-state index in [1.807, 2.05) is 36.4 Å².